The Hall–Kier alpha value is -2.35. The molecule has 2 aliphatic rings. The zero-order valence-electron chi connectivity index (χ0n) is 19.6. The second-order valence-electron chi connectivity index (χ2n) is 8.85. The Morgan fingerprint density at radius 1 is 1.12 bits per heavy atom. The van der Waals surface area contributed by atoms with Crippen LogP contribution in [0.15, 0.2) is 18.3 Å². The minimum atomic E-state index is -0.0860. The van der Waals surface area contributed by atoms with Crippen molar-refractivity contribution < 1.29 is 14.3 Å². The number of hydrogen-bond donors (Lipinski definition) is 2. The lowest BCUT2D eigenvalue weighted by molar-refractivity contribution is -0.126. The van der Waals surface area contributed by atoms with E-state index in [-0.39, 0.29) is 17.9 Å². The van der Waals surface area contributed by atoms with Crippen LogP contribution in [0.2, 0.25) is 0 Å². The third-order valence-electron chi connectivity index (χ3n) is 6.40. The van der Waals surface area contributed by atoms with Gasteiger partial charge in [-0.3, -0.25) is 4.79 Å². The maximum atomic E-state index is 12.5. The summed E-state index contributed by atoms with van der Waals surface area (Å²) in [7, 11) is 0. The number of hydrogen-bond acceptors (Lipinski definition) is 5. The fourth-order valence-corrected chi connectivity index (χ4v) is 3.92. The first kappa shape index (κ1) is 24.3. The maximum Gasteiger partial charge on any atom is 0.317 e. The second kappa shape index (κ2) is 12.6. The molecule has 1 aliphatic heterocycles. The molecule has 3 amide bonds. The summed E-state index contributed by atoms with van der Waals surface area (Å²) in [5.74, 6) is 1.46. The van der Waals surface area contributed by atoms with Gasteiger partial charge in [0.2, 0.25) is 11.8 Å². The molecular weight excluding hydrogens is 406 g/mol. The van der Waals surface area contributed by atoms with Gasteiger partial charge in [-0.05, 0) is 63.2 Å². The number of nitrogens with zero attached hydrogens (tertiary/aromatic N) is 3. The van der Waals surface area contributed by atoms with E-state index in [4.69, 9.17) is 4.74 Å². The van der Waals surface area contributed by atoms with Crippen LogP contribution in [0.25, 0.3) is 0 Å². The number of carbonyl (C=O) groups excluding carboxylic acids is 2. The summed E-state index contributed by atoms with van der Waals surface area (Å²) >= 11 is 0. The monoisotopic (exact) mass is 445 g/mol. The fourth-order valence-electron chi connectivity index (χ4n) is 3.92. The van der Waals surface area contributed by atoms with Crippen molar-refractivity contribution in [2.45, 2.75) is 52.5 Å². The normalized spacial score (nSPS) is 16.8. The summed E-state index contributed by atoms with van der Waals surface area (Å²) in [6.07, 6.45) is 6.65. The fraction of sp³-hybridized carbons (Fsp3) is 0.708. The van der Waals surface area contributed by atoms with Crippen LogP contribution in [0.3, 0.4) is 0 Å². The van der Waals surface area contributed by atoms with Gasteiger partial charge in [0.25, 0.3) is 0 Å². The molecule has 2 N–H and O–H groups in total. The van der Waals surface area contributed by atoms with Gasteiger partial charge >= 0.3 is 6.03 Å². The van der Waals surface area contributed by atoms with E-state index in [0.717, 1.165) is 38.2 Å². The molecule has 3 rings (SSSR count). The minimum Gasteiger partial charge on any atom is -0.477 e. The van der Waals surface area contributed by atoms with E-state index < -0.39 is 0 Å². The van der Waals surface area contributed by atoms with Gasteiger partial charge < -0.3 is 25.2 Å². The summed E-state index contributed by atoms with van der Waals surface area (Å²) in [5.41, 5.74) is 0.941. The summed E-state index contributed by atoms with van der Waals surface area (Å²) in [4.78, 5) is 33.4. The van der Waals surface area contributed by atoms with Gasteiger partial charge in [-0.25, -0.2) is 9.78 Å². The SMILES string of the molecule is CCN(CC)CCCNC(=O)C1CCN(C(=O)NCc2ccc(OCC3CC3)nc2)CC1. The number of carbonyl (C=O) groups is 2. The van der Waals surface area contributed by atoms with Crippen LogP contribution >= 0.6 is 0 Å². The van der Waals surface area contributed by atoms with Crippen molar-refractivity contribution in [1.82, 2.24) is 25.4 Å². The number of nitrogens with one attached hydrogen (secondary N) is 2. The molecule has 8 heteroatoms. The number of pyridine rings is 1. The minimum absolute atomic E-state index is 0.000105. The lowest BCUT2D eigenvalue weighted by atomic mass is 9.96. The number of urea groups is 1. The van der Waals surface area contributed by atoms with Gasteiger partial charge in [-0.2, -0.15) is 0 Å². The van der Waals surface area contributed by atoms with Crippen LogP contribution in [0, 0.1) is 11.8 Å². The molecule has 1 aromatic rings. The molecular formula is C24H39N5O3. The number of amides is 3. The molecule has 32 heavy (non-hydrogen) atoms. The van der Waals surface area contributed by atoms with Crippen molar-refractivity contribution in [1.29, 1.82) is 0 Å². The molecule has 1 aliphatic carbocycles. The number of rotatable bonds is 12. The Balaban J connectivity index is 1.29. The van der Waals surface area contributed by atoms with Crippen molar-refractivity contribution >= 4 is 11.9 Å². The van der Waals surface area contributed by atoms with E-state index in [9.17, 15) is 9.59 Å². The third kappa shape index (κ3) is 7.97. The molecule has 1 saturated carbocycles. The molecule has 2 fully saturated rings. The van der Waals surface area contributed by atoms with Gasteiger partial charge in [-0.1, -0.05) is 19.9 Å². The standard InChI is InChI=1S/C24H39N5O3/c1-3-28(4-2)13-5-12-25-23(30)21-10-14-29(15-11-21)24(31)27-17-20-8-9-22(26-16-20)32-18-19-6-7-19/h8-9,16,19,21H,3-7,10-15,17-18H2,1-2H3,(H,25,30)(H,27,31). The highest BCUT2D eigenvalue weighted by molar-refractivity contribution is 5.79. The topological polar surface area (TPSA) is 86.8 Å². The summed E-state index contributed by atoms with van der Waals surface area (Å²) < 4.78 is 5.65. The quantitative estimate of drug-likeness (QED) is 0.483. The van der Waals surface area contributed by atoms with Gasteiger partial charge in [0.05, 0.1) is 6.61 Å². The van der Waals surface area contributed by atoms with Gasteiger partial charge in [0, 0.05) is 44.4 Å². The van der Waals surface area contributed by atoms with Crippen molar-refractivity contribution in [3.8, 4) is 5.88 Å². The Kier molecular flexibility index (Phi) is 9.59. The molecule has 1 saturated heterocycles. The molecule has 0 radical (unpaired) electrons. The number of aromatic nitrogens is 1. The van der Waals surface area contributed by atoms with Crippen molar-refractivity contribution in [3.05, 3.63) is 23.9 Å². The summed E-state index contributed by atoms with van der Waals surface area (Å²) in [5, 5.41) is 6.02. The summed E-state index contributed by atoms with van der Waals surface area (Å²) in [6, 6.07) is 3.71. The second-order valence-corrected chi connectivity index (χ2v) is 8.85. The van der Waals surface area contributed by atoms with Crippen molar-refractivity contribution in [2.24, 2.45) is 11.8 Å². The predicted molar refractivity (Wildman–Crippen MR) is 124 cm³/mol. The van der Waals surface area contributed by atoms with E-state index in [1.807, 2.05) is 12.1 Å². The highest BCUT2D eigenvalue weighted by atomic mass is 16.5. The first-order chi connectivity index (χ1) is 15.6. The highest BCUT2D eigenvalue weighted by Crippen LogP contribution is 2.29. The molecule has 0 unspecified atom stereocenters. The largest absolute Gasteiger partial charge is 0.477 e. The smallest absolute Gasteiger partial charge is 0.317 e. The third-order valence-corrected chi connectivity index (χ3v) is 6.40. The first-order valence-corrected chi connectivity index (χ1v) is 12.2. The average Bonchev–Trinajstić information content (AvgIpc) is 3.66. The molecule has 0 spiro atoms. The zero-order chi connectivity index (χ0) is 22.8. The molecule has 8 nitrogen and oxygen atoms in total. The molecule has 0 aromatic carbocycles. The van der Waals surface area contributed by atoms with Crippen LogP contribution in [0.5, 0.6) is 5.88 Å². The van der Waals surface area contributed by atoms with Crippen LogP contribution in [-0.2, 0) is 11.3 Å². The van der Waals surface area contributed by atoms with E-state index in [0.29, 0.717) is 50.8 Å². The Morgan fingerprint density at radius 2 is 1.88 bits per heavy atom. The van der Waals surface area contributed by atoms with Crippen LogP contribution in [0.4, 0.5) is 4.79 Å². The summed E-state index contributed by atoms with van der Waals surface area (Å²) in [6.45, 7) is 10.5. The molecule has 178 valence electrons. The van der Waals surface area contributed by atoms with E-state index in [1.54, 1.807) is 11.1 Å². The van der Waals surface area contributed by atoms with Crippen LogP contribution in [-0.4, -0.2) is 72.6 Å². The molecule has 0 bridgehead atoms. The van der Waals surface area contributed by atoms with Gasteiger partial charge in [-0.15, -0.1) is 0 Å². The number of piperidine rings is 1. The van der Waals surface area contributed by atoms with Crippen LogP contribution in [0.1, 0.15) is 51.5 Å². The van der Waals surface area contributed by atoms with Crippen molar-refractivity contribution in [3.63, 3.8) is 0 Å². The van der Waals surface area contributed by atoms with E-state index in [2.05, 4.69) is 34.4 Å². The lowest BCUT2D eigenvalue weighted by Crippen LogP contribution is -2.46. The van der Waals surface area contributed by atoms with Crippen molar-refractivity contribution in [2.75, 3.05) is 45.9 Å². The van der Waals surface area contributed by atoms with E-state index >= 15 is 0 Å². The molecule has 0 atom stereocenters. The highest BCUT2D eigenvalue weighted by Gasteiger charge is 2.27. The average molecular weight is 446 g/mol. The predicted octanol–water partition coefficient (Wildman–Crippen LogP) is 2.64. The first-order valence-electron chi connectivity index (χ1n) is 12.2. The van der Waals surface area contributed by atoms with E-state index in [1.165, 1.54) is 12.8 Å². The Morgan fingerprint density at radius 3 is 2.50 bits per heavy atom. The number of ether oxygens (including phenoxy) is 1. The maximum absolute atomic E-state index is 12.5. The zero-order valence-corrected chi connectivity index (χ0v) is 19.6. The lowest BCUT2D eigenvalue weighted by Gasteiger charge is -2.31. The number of likely N-dealkylation sites (tertiary alicyclic amines) is 1. The Bertz CT molecular complexity index is 711. The van der Waals surface area contributed by atoms with Crippen LogP contribution < -0.4 is 15.4 Å². The molecule has 2 heterocycles. The van der Waals surface area contributed by atoms with Gasteiger partial charge in [0.1, 0.15) is 0 Å². The Labute approximate surface area is 192 Å². The molecule has 1 aromatic heterocycles. The van der Waals surface area contributed by atoms with Gasteiger partial charge in [0.15, 0.2) is 0 Å².